The molecule has 9 heteroatoms. The average molecular weight is 431 g/mol. The van der Waals surface area contributed by atoms with Gasteiger partial charge in [0.2, 0.25) is 5.95 Å². The number of piperidine rings is 1. The molecule has 0 atom stereocenters. The van der Waals surface area contributed by atoms with Crippen LogP contribution in [-0.2, 0) is 0 Å². The summed E-state index contributed by atoms with van der Waals surface area (Å²) in [6.45, 7) is 4.69. The third-order valence-electron chi connectivity index (χ3n) is 5.56. The lowest BCUT2D eigenvalue weighted by Crippen LogP contribution is -2.50. The van der Waals surface area contributed by atoms with Gasteiger partial charge in [-0.15, -0.1) is 0 Å². The molecule has 4 rings (SSSR count). The van der Waals surface area contributed by atoms with E-state index in [4.69, 9.17) is 21.3 Å². The summed E-state index contributed by atoms with van der Waals surface area (Å²) >= 11 is 6.06. The van der Waals surface area contributed by atoms with Crippen molar-refractivity contribution in [2.75, 3.05) is 61.5 Å². The first kappa shape index (κ1) is 20.5. The van der Waals surface area contributed by atoms with E-state index in [-0.39, 0.29) is 6.03 Å². The molecule has 3 heterocycles. The Morgan fingerprint density at radius 2 is 1.80 bits per heavy atom. The fraction of sp³-hybridized carbons (Fsp3) is 0.476. The van der Waals surface area contributed by atoms with E-state index in [0.717, 1.165) is 37.9 Å². The number of ether oxygens (including phenoxy) is 1. The fourth-order valence-corrected chi connectivity index (χ4v) is 4.04. The van der Waals surface area contributed by atoms with Gasteiger partial charge in [-0.25, -0.2) is 9.78 Å². The van der Waals surface area contributed by atoms with E-state index >= 15 is 0 Å². The number of hydrogen-bond acceptors (Lipinski definition) is 6. The molecule has 30 heavy (non-hydrogen) atoms. The van der Waals surface area contributed by atoms with Crippen LogP contribution in [0.5, 0.6) is 5.75 Å². The molecular formula is C21H27ClN6O2. The maximum Gasteiger partial charge on any atom is 0.322 e. The van der Waals surface area contributed by atoms with Crippen molar-refractivity contribution in [1.29, 1.82) is 0 Å². The smallest absolute Gasteiger partial charge is 0.322 e. The van der Waals surface area contributed by atoms with Crippen LogP contribution >= 0.6 is 11.6 Å². The predicted molar refractivity (Wildman–Crippen MR) is 119 cm³/mol. The maximum absolute atomic E-state index is 12.7. The molecule has 0 aliphatic carbocycles. The number of amides is 2. The van der Waals surface area contributed by atoms with E-state index in [1.54, 1.807) is 30.2 Å². The van der Waals surface area contributed by atoms with Gasteiger partial charge in [-0.2, -0.15) is 4.98 Å². The second kappa shape index (κ2) is 9.38. The van der Waals surface area contributed by atoms with Gasteiger partial charge >= 0.3 is 6.03 Å². The Kier molecular flexibility index (Phi) is 6.42. The van der Waals surface area contributed by atoms with Crippen molar-refractivity contribution in [2.24, 2.45) is 0 Å². The summed E-state index contributed by atoms with van der Waals surface area (Å²) in [6.07, 6.45) is 5.50. The minimum atomic E-state index is -0.160. The molecule has 2 saturated heterocycles. The molecule has 0 unspecified atom stereocenters. The normalized spacial score (nSPS) is 17.1. The van der Waals surface area contributed by atoms with Gasteiger partial charge in [0, 0.05) is 50.5 Å². The maximum atomic E-state index is 12.7. The zero-order valence-corrected chi connectivity index (χ0v) is 17.9. The van der Waals surface area contributed by atoms with Crippen molar-refractivity contribution in [2.45, 2.75) is 19.3 Å². The van der Waals surface area contributed by atoms with E-state index in [9.17, 15) is 4.79 Å². The number of methoxy groups -OCH3 is 1. The van der Waals surface area contributed by atoms with Gasteiger partial charge in [0.15, 0.2) is 0 Å². The molecule has 1 aromatic carbocycles. The van der Waals surface area contributed by atoms with Crippen LogP contribution in [0.25, 0.3) is 0 Å². The fourth-order valence-electron chi connectivity index (χ4n) is 3.87. The van der Waals surface area contributed by atoms with E-state index in [0.29, 0.717) is 29.5 Å². The first-order chi connectivity index (χ1) is 14.6. The molecule has 160 valence electrons. The van der Waals surface area contributed by atoms with Crippen LogP contribution in [-0.4, -0.2) is 67.3 Å². The van der Waals surface area contributed by atoms with Crippen LogP contribution in [0.1, 0.15) is 19.3 Å². The highest BCUT2D eigenvalue weighted by atomic mass is 35.5. The van der Waals surface area contributed by atoms with Crippen molar-refractivity contribution in [3.63, 3.8) is 0 Å². The van der Waals surface area contributed by atoms with E-state index in [2.05, 4.69) is 20.1 Å². The van der Waals surface area contributed by atoms with E-state index in [1.807, 2.05) is 12.3 Å². The van der Waals surface area contributed by atoms with Gasteiger partial charge in [-0.1, -0.05) is 11.6 Å². The lowest BCUT2D eigenvalue weighted by atomic mass is 10.1. The first-order valence-electron chi connectivity index (χ1n) is 10.4. The molecule has 1 N–H and O–H groups in total. The molecule has 0 saturated carbocycles. The Morgan fingerprint density at radius 1 is 1.03 bits per heavy atom. The second-order valence-corrected chi connectivity index (χ2v) is 7.95. The van der Waals surface area contributed by atoms with E-state index in [1.165, 1.54) is 19.3 Å². The van der Waals surface area contributed by atoms with Crippen molar-refractivity contribution >= 4 is 35.1 Å². The molecule has 2 amide bonds. The number of nitrogens with one attached hydrogen (secondary N) is 1. The SMILES string of the molecule is COc1ccc(Cl)cc1NC(=O)N1CCN(c2ccnc(N3CCCCC3)n2)CC1. The predicted octanol–water partition coefficient (Wildman–Crippen LogP) is 3.48. The summed E-state index contributed by atoms with van der Waals surface area (Å²) in [4.78, 5) is 28.2. The molecule has 1 aromatic heterocycles. The minimum absolute atomic E-state index is 0.160. The van der Waals surface area contributed by atoms with Gasteiger partial charge in [-0.3, -0.25) is 0 Å². The third kappa shape index (κ3) is 4.70. The Morgan fingerprint density at radius 3 is 2.53 bits per heavy atom. The van der Waals surface area contributed by atoms with Gasteiger partial charge < -0.3 is 24.8 Å². The standard InChI is InChI=1S/C21H27ClN6O2/c1-30-18-6-5-16(22)15-17(18)24-21(29)28-13-11-26(12-14-28)19-7-8-23-20(25-19)27-9-3-2-4-10-27/h5-8,15H,2-4,9-14H2,1H3,(H,24,29). The molecule has 2 aliphatic rings. The van der Waals surface area contributed by atoms with Crippen LogP contribution in [0.3, 0.4) is 0 Å². The number of rotatable bonds is 4. The molecule has 2 aliphatic heterocycles. The highest BCUT2D eigenvalue weighted by molar-refractivity contribution is 6.31. The van der Waals surface area contributed by atoms with Crippen LogP contribution in [0.4, 0.5) is 22.2 Å². The van der Waals surface area contributed by atoms with Gasteiger partial charge in [0.05, 0.1) is 12.8 Å². The van der Waals surface area contributed by atoms with Crippen molar-refractivity contribution in [3.05, 3.63) is 35.5 Å². The summed E-state index contributed by atoms with van der Waals surface area (Å²) in [5, 5.41) is 3.45. The lowest BCUT2D eigenvalue weighted by Gasteiger charge is -2.36. The number of halogens is 1. The number of benzene rings is 1. The number of piperazine rings is 1. The zero-order valence-electron chi connectivity index (χ0n) is 17.2. The molecule has 0 spiro atoms. The van der Waals surface area contributed by atoms with Crippen molar-refractivity contribution in [1.82, 2.24) is 14.9 Å². The monoisotopic (exact) mass is 430 g/mol. The first-order valence-corrected chi connectivity index (χ1v) is 10.7. The lowest BCUT2D eigenvalue weighted by molar-refractivity contribution is 0.208. The Bertz CT molecular complexity index is 882. The Labute approximate surface area is 181 Å². The Hall–Kier alpha value is -2.74. The molecular weight excluding hydrogens is 404 g/mol. The molecule has 0 bridgehead atoms. The highest BCUT2D eigenvalue weighted by Crippen LogP contribution is 2.28. The van der Waals surface area contributed by atoms with E-state index < -0.39 is 0 Å². The van der Waals surface area contributed by atoms with Gasteiger partial charge in [0.1, 0.15) is 11.6 Å². The molecule has 2 aromatic rings. The number of carbonyl (C=O) groups excluding carboxylic acids is 1. The molecule has 2 fully saturated rings. The number of carbonyl (C=O) groups is 1. The van der Waals surface area contributed by atoms with Crippen LogP contribution in [0.2, 0.25) is 5.02 Å². The summed E-state index contributed by atoms with van der Waals surface area (Å²) in [6, 6.07) is 6.95. The number of hydrogen-bond donors (Lipinski definition) is 1. The van der Waals surface area contributed by atoms with Crippen molar-refractivity contribution < 1.29 is 9.53 Å². The summed E-state index contributed by atoms with van der Waals surface area (Å²) in [7, 11) is 1.57. The third-order valence-corrected chi connectivity index (χ3v) is 5.80. The summed E-state index contributed by atoms with van der Waals surface area (Å²) < 4.78 is 5.31. The van der Waals surface area contributed by atoms with Crippen LogP contribution in [0, 0.1) is 0 Å². The second-order valence-electron chi connectivity index (χ2n) is 7.51. The number of anilines is 3. The minimum Gasteiger partial charge on any atom is -0.495 e. The average Bonchev–Trinajstić information content (AvgIpc) is 2.80. The van der Waals surface area contributed by atoms with Crippen LogP contribution in [0.15, 0.2) is 30.5 Å². The molecule has 0 radical (unpaired) electrons. The van der Waals surface area contributed by atoms with Crippen molar-refractivity contribution in [3.8, 4) is 5.75 Å². The quantitative estimate of drug-likeness (QED) is 0.800. The van der Waals surface area contributed by atoms with Crippen LogP contribution < -0.4 is 19.9 Å². The number of urea groups is 1. The summed E-state index contributed by atoms with van der Waals surface area (Å²) in [5.74, 6) is 2.31. The topological polar surface area (TPSA) is 73.8 Å². The largest absolute Gasteiger partial charge is 0.495 e. The highest BCUT2D eigenvalue weighted by Gasteiger charge is 2.23. The van der Waals surface area contributed by atoms with Gasteiger partial charge in [-0.05, 0) is 43.5 Å². The zero-order chi connectivity index (χ0) is 20.9. The Balaban J connectivity index is 1.36. The number of nitrogens with zero attached hydrogens (tertiary/aromatic N) is 5. The summed E-state index contributed by atoms with van der Waals surface area (Å²) in [5.41, 5.74) is 0.569. The number of aromatic nitrogens is 2. The molecule has 8 nitrogen and oxygen atoms in total. The van der Waals surface area contributed by atoms with Gasteiger partial charge in [0.25, 0.3) is 0 Å².